The normalized spacial score (nSPS) is 10.4. The summed E-state index contributed by atoms with van der Waals surface area (Å²) >= 11 is 4.79. The van der Waals surface area contributed by atoms with Gasteiger partial charge >= 0.3 is 0 Å². The van der Waals surface area contributed by atoms with Crippen molar-refractivity contribution < 1.29 is 4.42 Å². The quantitative estimate of drug-likeness (QED) is 0.862. The molecule has 0 saturated carbocycles. The highest BCUT2D eigenvalue weighted by Gasteiger charge is 2.07. The average molecular weight is 274 g/mol. The Labute approximate surface area is 93.7 Å². The number of furan rings is 1. The number of hydrogen-bond acceptors (Lipinski definition) is 5. The Bertz CT molecular complexity index is 400. The molecule has 14 heavy (non-hydrogen) atoms. The maximum Gasteiger partial charge on any atom is 0.209 e. The molecule has 0 atom stereocenters. The second-order valence-corrected chi connectivity index (χ2v) is 5.06. The molecule has 4 nitrogen and oxygen atoms in total. The maximum atomic E-state index is 4.99. The van der Waals surface area contributed by atoms with Crippen molar-refractivity contribution in [2.45, 2.75) is 6.54 Å². The minimum atomic E-state index is 0.776. The Morgan fingerprint density at radius 1 is 1.57 bits per heavy atom. The summed E-state index contributed by atoms with van der Waals surface area (Å²) in [5.41, 5.74) is 1.12. The molecule has 2 heterocycles. The van der Waals surface area contributed by atoms with E-state index in [1.54, 1.807) is 12.5 Å². The van der Waals surface area contributed by atoms with Gasteiger partial charge in [-0.15, -0.1) is 10.2 Å². The third-order valence-electron chi connectivity index (χ3n) is 1.72. The minimum absolute atomic E-state index is 0.776. The van der Waals surface area contributed by atoms with E-state index in [1.165, 1.54) is 11.3 Å². The number of rotatable bonds is 3. The lowest BCUT2D eigenvalue weighted by Gasteiger charge is -2.12. The Kier molecular flexibility index (Phi) is 2.83. The van der Waals surface area contributed by atoms with E-state index in [0.717, 1.165) is 21.2 Å². The summed E-state index contributed by atoms with van der Waals surface area (Å²) in [6.07, 6.45) is 3.39. The Balaban J connectivity index is 2.06. The predicted octanol–water partition coefficient (Wildman–Crippen LogP) is 2.53. The van der Waals surface area contributed by atoms with E-state index in [4.69, 9.17) is 4.42 Å². The van der Waals surface area contributed by atoms with Crippen LogP contribution in [0.4, 0.5) is 5.13 Å². The molecule has 0 saturated heterocycles. The second-order valence-electron chi connectivity index (χ2n) is 2.83. The van der Waals surface area contributed by atoms with Crippen LogP contribution in [0.3, 0.4) is 0 Å². The fourth-order valence-corrected chi connectivity index (χ4v) is 2.12. The molecule has 0 aliphatic rings. The first kappa shape index (κ1) is 9.67. The molecule has 2 aromatic rings. The summed E-state index contributed by atoms with van der Waals surface area (Å²) in [4.78, 5) is 2.02. The Hall–Kier alpha value is -0.880. The van der Waals surface area contributed by atoms with Crippen molar-refractivity contribution in [2.75, 3.05) is 11.9 Å². The van der Waals surface area contributed by atoms with Crippen LogP contribution in [0, 0.1) is 0 Å². The molecule has 2 rings (SSSR count). The molecule has 0 aliphatic heterocycles. The molecule has 6 heteroatoms. The number of hydrogen-bond donors (Lipinski definition) is 0. The van der Waals surface area contributed by atoms with Crippen LogP contribution in [0.5, 0.6) is 0 Å². The van der Waals surface area contributed by atoms with E-state index < -0.39 is 0 Å². The lowest BCUT2D eigenvalue weighted by molar-refractivity contribution is 0.563. The second kappa shape index (κ2) is 4.10. The third kappa shape index (κ3) is 2.13. The molecule has 0 aliphatic carbocycles. The van der Waals surface area contributed by atoms with E-state index in [0.29, 0.717) is 0 Å². The van der Waals surface area contributed by atoms with Crippen molar-refractivity contribution in [2.24, 2.45) is 0 Å². The molecule has 0 spiro atoms. The lowest BCUT2D eigenvalue weighted by Crippen LogP contribution is -2.15. The molecule has 2 aromatic heterocycles. The number of anilines is 1. The Morgan fingerprint density at radius 3 is 3.00 bits per heavy atom. The topological polar surface area (TPSA) is 42.2 Å². The van der Waals surface area contributed by atoms with E-state index in [9.17, 15) is 0 Å². The average Bonchev–Trinajstić information content (AvgIpc) is 2.75. The highest BCUT2D eigenvalue weighted by atomic mass is 79.9. The zero-order chi connectivity index (χ0) is 9.97. The minimum Gasteiger partial charge on any atom is -0.472 e. The fourth-order valence-electron chi connectivity index (χ4n) is 1.08. The van der Waals surface area contributed by atoms with Crippen molar-refractivity contribution in [3.8, 4) is 0 Å². The summed E-state index contributed by atoms with van der Waals surface area (Å²) in [6, 6.07) is 1.94. The summed E-state index contributed by atoms with van der Waals surface area (Å²) in [5.74, 6) is 0. The summed E-state index contributed by atoms with van der Waals surface area (Å²) < 4.78 is 5.79. The first-order chi connectivity index (χ1) is 6.75. The number of aromatic nitrogens is 2. The van der Waals surface area contributed by atoms with Gasteiger partial charge in [-0.25, -0.2) is 0 Å². The van der Waals surface area contributed by atoms with Gasteiger partial charge in [-0.3, -0.25) is 0 Å². The molecule has 0 aromatic carbocycles. The largest absolute Gasteiger partial charge is 0.472 e. The van der Waals surface area contributed by atoms with Crippen LogP contribution in [0.2, 0.25) is 0 Å². The van der Waals surface area contributed by atoms with E-state index in [1.807, 2.05) is 18.0 Å². The fraction of sp³-hybridized carbons (Fsp3) is 0.250. The van der Waals surface area contributed by atoms with E-state index in [-0.39, 0.29) is 0 Å². The first-order valence-electron chi connectivity index (χ1n) is 3.97. The molecule has 74 valence electrons. The molecule has 0 amide bonds. The summed E-state index contributed by atoms with van der Waals surface area (Å²) in [5, 5.41) is 8.79. The summed E-state index contributed by atoms with van der Waals surface area (Å²) in [6.45, 7) is 0.776. The third-order valence-corrected chi connectivity index (χ3v) is 3.19. The van der Waals surface area contributed by atoms with Gasteiger partial charge in [-0.1, -0.05) is 11.3 Å². The first-order valence-corrected chi connectivity index (χ1v) is 5.58. The van der Waals surface area contributed by atoms with Gasteiger partial charge in [0.05, 0.1) is 12.5 Å². The molecule has 0 unspecified atom stereocenters. The van der Waals surface area contributed by atoms with Gasteiger partial charge < -0.3 is 9.32 Å². The molecular weight excluding hydrogens is 266 g/mol. The van der Waals surface area contributed by atoms with Crippen LogP contribution in [0.25, 0.3) is 0 Å². The van der Waals surface area contributed by atoms with Crippen molar-refractivity contribution in [1.82, 2.24) is 10.2 Å². The maximum absolute atomic E-state index is 4.99. The van der Waals surface area contributed by atoms with Crippen LogP contribution < -0.4 is 4.90 Å². The van der Waals surface area contributed by atoms with Gasteiger partial charge in [0.25, 0.3) is 0 Å². The van der Waals surface area contributed by atoms with Crippen molar-refractivity contribution >= 4 is 32.4 Å². The van der Waals surface area contributed by atoms with Gasteiger partial charge in [0.15, 0.2) is 3.92 Å². The lowest BCUT2D eigenvalue weighted by atomic mass is 10.3. The Morgan fingerprint density at radius 2 is 2.43 bits per heavy atom. The standard InChI is InChI=1S/C8H8BrN3OS/c1-12(4-6-2-3-13-5-6)8-11-10-7(9)14-8/h2-3,5H,4H2,1H3. The molecular formula is C8H8BrN3OS. The van der Waals surface area contributed by atoms with Crippen LogP contribution in [0.1, 0.15) is 5.56 Å². The highest BCUT2D eigenvalue weighted by Crippen LogP contribution is 2.24. The number of halogens is 1. The summed E-state index contributed by atoms with van der Waals surface area (Å²) in [7, 11) is 1.97. The van der Waals surface area contributed by atoms with Crippen LogP contribution >= 0.6 is 27.3 Å². The molecule has 0 fully saturated rings. The van der Waals surface area contributed by atoms with Crippen molar-refractivity contribution in [1.29, 1.82) is 0 Å². The van der Waals surface area contributed by atoms with Crippen molar-refractivity contribution in [3.63, 3.8) is 0 Å². The van der Waals surface area contributed by atoms with E-state index >= 15 is 0 Å². The van der Waals surface area contributed by atoms with Crippen LogP contribution in [-0.4, -0.2) is 17.2 Å². The zero-order valence-corrected chi connectivity index (χ0v) is 9.88. The zero-order valence-electron chi connectivity index (χ0n) is 7.48. The van der Waals surface area contributed by atoms with Gasteiger partial charge in [-0.2, -0.15) is 0 Å². The van der Waals surface area contributed by atoms with Crippen LogP contribution in [0.15, 0.2) is 26.9 Å². The molecule has 0 bridgehead atoms. The van der Waals surface area contributed by atoms with Crippen LogP contribution in [-0.2, 0) is 6.54 Å². The van der Waals surface area contributed by atoms with Gasteiger partial charge in [0.2, 0.25) is 5.13 Å². The van der Waals surface area contributed by atoms with E-state index in [2.05, 4.69) is 26.1 Å². The SMILES string of the molecule is CN(Cc1ccoc1)c1nnc(Br)s1. The molecule has 0 N–H and O–H groups in total. The van der Waals surface area contributed by atoms with Gasteiger partial charge in [0.1, 0.15) is 0 Å². The molecule has 0 radical (unpaired) electrons. The number of nitrogens with zero attached hydrogens (tertiary/aromatic N) is 3. The smallest absolute Gasteiger partial charge is 0.209 e. The monoisotopic (exact) mass is 273 g/mol. The highest BCUT2D eigenvalue weighted by molar-refractivity contribution is 9.11. The van der Waals surface area contributed by atoms with Gasteiger partial charge in [0, 0.05) is 19.2 Å². The van der Waals surface area contributed by atoms with Crippen molar-refractivity contribution in [3.05, 3.63) is 28.1 Å². The van der Waals surface area contributed by atoms with Gasteiger partial charge in [-0.05, 0) is 22.0 Å². The predicted molar refractivity (Wildman–Crippen MR) is 58.4 cm³/mol.